The van der Waals surface area contributed by atoms with Gasteiger partial charge in [-0.25, -0.2) is 0 Å². The van der Waals surface area contributed by atoms with E-state index in [-0.39, 0.29) is 23.7 Å². The van der Waals surface area contributed by atoms with Crippen LogP contribution in [0.2, 0.25) is 0 Å². The Morgan fingerprint density at radius 2 is 1.83 bits per heavy atom. The van der Waals surface area contributed by atoms with Crippen LogP contribution in [0.5, 0.6) is 11.5 Å². The second-order valence-electron chi connectivity index (χ2n) is 5.42. The highest BCUT2D eigenvalue weighted by Gasteiger charge is 2.38. The van der Waals surface area contributed by atoms with Crippen LogP contribution in [0.1, 0.15) is 24.4 Å². The van der Waals surface area contributed by atoms with Gasteiger partial charge in [-0.05, 0) is 29.8 Å². The Kier molecular flexibility index (Phi) is 4.23. The van der Waals surface area contributed by atoms with E-state index in [2.05, 4.69) is 5.32 Å². The van der Waals surface area contributed by atoms with E-state index in [1.54, 1.807) is 24.3 Å². The van der Waals surface area contributed by atoms with Crippen LogP contribution in [0.15, 0.2) is 54.6 Å². The van der Waals surface area contributed by atoms with Gasteiger partial charge in [0.05, 0.1) is 0 Å². The molecule has 0 bridgehead atoms. The summed E-state index contributed by atoms with van der Waals surface area (Å²) in [5.41, 5.74) is 0.674. The maximum Gasteiger partial charge on any atom is 0.237 e. The number of ether oxygens (including phenoxy) is 1. The Hall–Kier alpha value is -2.89. The smallest absolute Gasteiger partial charge is 0.237 e. The van der Waals surface area contributed by atoms with Crippen molar-refractivity contribution >= 4 is 5.91 Å². The van der Waals surface area contributed by atoms with Gasteiger partial charge in [0.1, 0.15) is 17.5 Å². The summed E-state index contributed by atoms with van der Waals surface area (Å²) in [5.74, 6) is 1.10. The predicted molar refractivity (Wildman–Crippen MR) is 83.9 cm³/mol. The summed E-state index contributed by atoms with van der Waals surface area (Å²) in [6.45, 7) is 0. The molecule has 0 unspecified atom stereocenters. The minimum Gasteiger partial charge on any atom is -0.457 e. The van der Waals surface area contributed by atoms with Gasteiger partial charge in [0.15, 0.2) is 0 Å². The van der Waals surface area contributed by atoms with E-state index in [9.17, 15) is 14.9 Å². The minimum atomic E-state index is -0.820. The van der Waals surface area contributed by atoms with Crippen molar-refractivity contribution < 1.29 is 14.5 Å². The first kappa shape index (κ1) is 15.0. The number of nitro groups is 1. The van der Waals surface area contributed by atoms with Gasteiger partial charge in [-0.3, -0.25) is 14.9 Å². The molecule has 1 N–H and O–H groups in total. The molecule has 118 valence electrons. The number of hydrogen-bond acceptors (Lipinski definition) is 4. The number of hydrogen-bond donors (Lipinski definition) is 1. The van der Waals surface area contributed by atoms with Crippen molar-refractivity contribution in [2.24, 2.45) is 0 Å². The van der Waals surface area contributed by atoms with E-state index in [0.717, 1.165) is 0 Å². The highest BCUT2D eigenvalue weighted by molar-refractivity contribution is 5.77. The average molecular weight is 312 g/mol. The molecule has 2 aromatic rings. The van der Waals surface area contributed by atoms with Gasteiger partial charge in [0, 0.05) is 17.8 Å². The number of nitrogens with zero attached hydrogens (tertiary/aromatic N) is 1. The molecule has 0 aliphatic carbocycles. The largest absolute Gasteiger partial charge is 0.457 e. The Labute approximate surface area is 133 Å². The molecule has 2 aromatic carbocycles. The van der Waals surface area contributed by atoms with Crippen LogP contribution in [0.3, 0.4) is 0 Å². The highest BCUT2D eigenvalue weighted by atomic mass is 16.6. The molecular formula is C17H16N2O4. The van der Waals surface area contributed by atoms with Crippen LogP contribution < -0.4 is 10.1 Å². The molecule has 3 rings (SSSR count). The zero-order valence-electron chi connectivity index (χ0n) is 12.3. The maximum absolute atomic E-state index is 11.6. The van der Waals surface area contributed by atoms with Crippen molar-refractivity contribution in [2.45, 2.75) is 24.9 Å². The molecule has 0 saturated carbocycles. The highest BCUT2D eigenvalue weighted by Crippen LogP contribution is 2.30. The van der Waals surface area contributed by atoms with E-state index in [1.807, 2.05) is 30.3 Å². The van der Waals surface area contributed by atoms with E-state index >= 15 is 0 Å². The van der Waals surface area contributed by atoms with Crippen LogP contribution in [0, 0.1) is 10.1 Å². The molecule has 0 spiro atoms. The fourth-order valence-electron chi connectivity index (χ4n) is 2.72. The van der Waals surface area contributed by atoms with Gasteiger partial charge >= 0.3 is 0 Å². The number of carbonyl (C=O) groups excluding carboxylic acids is 1. The topological polar surface area (TPSA) is 81.5 Å². The van der Waals surface area contributed by atoms with Crippen LogP contribution in [0.4, 0.5) is 0 Å². The summed E-state index contributed by atoms with van der Waals surface area (Å²) in [6, 6.07) is 14.9. The fourth-order valence-corrected chi connectivity index (χ4v) is 2.72. The summed E-state index contributed by atoms with van der Waals surface area (Å²) < 4.78 is 5.75. The summed E-state index contributed by atoms with van der Waals surface area (Å²) in [4.78, 5) is 22.5. The summed E-state index contributed by atoms with van der Waals surface area (Å²) in [7, 11) is 0. The van der Waals surface area contributed by atoms with Crippen LogP contribution in [0.25, 0.3) is 0 Å². The van der Waals surface area contributed by atoms with Crippen LogP contribution in [-0.4, -0.2) is 16.9 Å². The van der Waals surface area contributed by atoms with E-state index in [1.165, 1.54) is 0 Å². The van der Waals surface area contributed by atoms with Crippen molar-refractivity contribution in [1.29, 1.82) is 0 Å². The van der Waals surface area contributed by atoms with E-state index in [0.29, 0.717) is 17.1 Å². The van der Waals surface area contributed by atoms with Crippen LogP contribution in [-0.2, 0) is 4.79 Å². The molecule has 23 heavy (non-hydrogen) atoms. The monoisotopic (exact) mass is 312 g/mol. The van der Waals surface area contributed by atoms with Gasteiger partial charge in [0.25, 0.3) is 0 Å². The van der Waals surface area contributed by atoms with Gasteiger partial charge in [-0.2, -0.15) is 0 Å². The van der Waals surface area contributed by atoms with Crippen molar-refractivity contribution in [3.63, 3.8) is 0 Å². The third-order valence-corrected chi connectivity index (χ3v) is 3.84. The molecular weight excluding hydrogens is 296 g/mol. The molecule has 1 saturated heterocycles. The molecule has 2 atom stereocenters. The number of benzene rings is 2. The number of amides is 1. The van der Waals surface area contributed by atoms with Gasteiger partial charge in [0.2, 0.25) is 11.9 Å². The lowest BCUT2D eigenvalue weighted by Crippen LogP contribution is -2.45. The standard InChI is InChI=1S/C17H16N2O4/c20-16-10-9-15(19(21)22)17(18-16)12-5-4-8-14(11-12)23-13-6-2-1-3-7-13/h1-8,11,15,17H,9-10H2,(H,18,20)/t15-,17+/m1/s1. The zero-order chi connectivity index (χ0) is 16.2. The van der Waals surface area contributed by atoms with Gasteiger partial charge in [-0.15, -0.1) is 0 Å². The van der Waals surface area contributed by atoms with Gasteiger partial charge < -0.3 is 10.1 Å². The second-order valence-corrected chi connectivity index (χ2v) is 5.42. The molecule has 1 heterocycles. The minimum absolute atomic E-state index is 0.164. The third kappa shape index (κ3) is 3.48. The van der Waals surface area contributed by atoms with Crippen LogP contribution >= 0.6 is 0 Å². The number of para-hydroxylation sites is 1. The zero-order valence-corrected chi connectivity index (χ0v) is 12.3. The normalized spacial score (nSPS) is 20.6. The lowest BCUT2D eigenvalue weighted by molar-refractivity contribution is -0.529. The van der Waals surface area contributed by atoms with Crippen molar-refractivity contribution in [2.75, 3.05) is 0 Å². The Morgan fingerprint density at radius 3 is 2.57 bits per heavy atom. The third-order valence-electron chi connectivity index (χ3n) is 3.84. The molecule has 1 fully saturated rings. The molecule has 1 aliphatic rings. The molecule has 0 radical (unpaired) electrons. The maximum atomic E-state index is 11.6. The number of rotatable bonds is 4. The fraction of sp³-hybridized carbons (Fsp3) is 0.235. The first-order chi connectivity index (χ1) is 11.1. The summed E-state index contributed by atoms with van der Waals surface area (Å²) in [5, 5.41) is 14.0. The van der Waals surface area contributed by atoms with E-state index < -0.39 is 12.1 Å². The number of carbonyl (C=O) groups is 1. The molecule has 1 amide bonds. The quantitative estimate of drug-likeness (QED) is 0.695. The lowest BCUT2D eigenvalue weighted by atomic mass is 9.92. The number of nitrogens with one attached hydrogen (secondary N) is 1. The average Bonchev–Trinajstić information content (AvgIpc) is 2.55. The molecule has 0 aromatic heterocycles. The molecule has 6 nitrogen and oxygen atoms in total. The van der Waals surface area contributed by atoms with Gasteiger partial charge in [-0.1, -0.05) is 30.3 Å². The molecule has 1 aliphatic heterocycles. The Balaban J connectivity index is 1.85. The summed E-state index contributed by atoms with van der Waals surface area (Å²) >= 11 is 0. The Bertz CT molecular complexity index is 718. The van der Waals surface area contributed by atoms with E-state index in [4.69, 9.17) is 4.74 Å². The van der Waals surface area contributed by atoms with Crippen molar-refractivity contribution in [1.82, 2.24) is 5.32 Å². The Morgan fingerprint density at radius 1 is 1.09 bits per heavy atom. The number of piperidine rings is 1. The van der Waals surface area contributed by atoms with Crippen molar-refractivity contribution in [3.8, 4) is 11.5 Å². The second kappa shape index (κ2) is 6.48. The van der Waals surface area contributed by atoms with Crippen molar-refractivity contribution in [3.05, 3.63) is 70.3 Å². The SMILES string of the molecule is O=C1CC[C@@H]([N+](=O)[O-])[C@H](c2cccc(Oc3ccccc3)c2)N1. The summed E-state index contributed by atoms with van der Waals surface area (Å²) in [6.07, 6.45) is 0.426. The first-order valence-corrected chi connectivity index (χ1v) is 7.39. The predicted octanol–water partition coefficient (Wildman–Crippen LogP) is 3.08. The first-order valence-electron chi connectivity index (χ1n) is 7.39. The molecule has 6 heteroatoms. The lowest BCUT2D eigenvalue weighted by Gasteiger charge is -2.27.